The van der Waals surface area contributed by atoms with Gasteiger partial charge >= 0.3 is 0 Å². The van der Waals surface area contributed by atoms with E-state index in [1.165, 1.54) is 48.1 Å². The summed E-state index contributed by atoms with van der Waals surface area (Å²) in [5, 5.41) is 3.56. The van der Waals surface area contributed by atoms with E-state index in [0.29, 0.717) is 5.92 Å². The zero-order valence-electron chi connectivity index (χ0n) is 12.1. The minimum atomic E-state index is 0.703. The lowest BCUT2D eigenvalue weighted by atomic mass is 10.1. The second-order valence-electron chi connectivity index (χ2n) is 5.85. The van der Waals surface area contributed by atoms with Crippen molar-refractivity contribution in [2.45, 2.75) is 39.7 Å². The van der Waals surface area contributed by atoms with E-state index in [0.717, 1.165) is 13.1 Å². The molecule has 0 unspecified atom stereocenters. The van der Waals surface area contributed by atoms with E-state index in [2.05, 4.69) is 58.2 Å². The van der Waals surface area contributed by atoms with Gasteiger partial charge in [0.25, 0.3) is 0 Å². The first-order valence-corrected chi connectivity index (χ1v) is 8.20. The van der Waals surface area contributed by atoms with E-state index in [9.17, 15) is 0 Å². The third kappa shape index (κ3) is 4.50. The predicted molar refractivity (Wildman–Crippen MR) is 86.8 cm³/mol. The second kappa shape index (κ2) is 7.30. The highest BCUT2D eigenvalue weighted by Gasteiger charge is 2.14. The van der Waals surface area contributed by atoms with Gasteiger partial charge < -0.3 is 10.2 Å². The highest BCUT2D eigenvalue weighted by atomic mass is 79.9. The van der Waals surface area contributed by atoms with Crippen molar-refractivity contribution in [3.63, 3.8) is 0 Å². The van der Waals surface area contributed by atoms with Gasteiger partial charge in [-0.2, -0.15) is 0 Å². The number of anilines is 1. The molecule has 2 nitrogen and oxygen atoms in total. The van der Waals surface area contributed by atoms with Gasteiger partial charge in [-0.3, -0.25) is 0 Å². The highest BCUT2D eigenvalue weighted by Crippen LogP contribution is 2.27. The van der Waals surface area contributed by atoms with Crippen LogP contribution in [0.3, 0.4) is 0 Å². The van der Waals surface area contributed by atoms with E-state index >= 15 is 0 Å². The van der Waals surface area contributed by atoms with E-state index in [-0.39, 0.29) is 0 Å². The Hall–Kier alpha value is -0.540. The molecule has 2 rings (SSSR count). The molecular weight excluding hydrogens is 300 g/mol. The Kier molecular flexibility index (Phi) is 5.71. The molecule has 0 radical (unpaired) electrons. The minimum absolute atomic E-state index is 0.703. The molecule has 1 aliphatic rings. The fourth-order valence-corrected chi connectivity index (χ4v) is 2.96. The number of benzene rings is 1. The van der Waals surface area contributed by atoms with Crippen LogP contribution in [0.2, 0.25) is 0 Å². The molecule has 1 aromatic rings. The van der Waals surface area contributed by atoms with Crippen LogP contribution in [-0.2, 0) is 6.54 Å². The number of hydrogen-bond donors (Lipinski definition) is 1. The molecule has 0 atom stereocenters. The Balaban J connectivity index is 2.08. The number of piperidine rings is 1. The van der Waals surface area contributed by atoms with E-state index < -0.39 is 0 Å². The second-order valence-corrected chi connectivity index (χ2v) is 6.76. The summed E-state index contributed by atoms with van der Waals surface area (Å²) < 4.78 is 1.18. The Morgan fingerprint density at radius 3 is 2.63 bits per heavy atom. The summed E-state index contributed by atoms with van der Waals surface area (Å²) in [6.07, 6.45) is 4.03. The highest BCUT2D eigenvalue weighted by molar-refractivity contribution is 9.10. The van der Waals surface area contributed by atoms with E-state index in [1.54, 1.807) is 0 Å². The zero-order valence-corrected chi connectivity index (χ0v) is 13.7. The summed E-state index contributed by atoms with van der Waals surface area (Å²) in [5.41, 5.74) is 2.83. The van der Waals surface area contributed by atoms with Crippen molar-refractivity contribution >= 4 is 21.6 Å². The Labute approximate surface area is 125 Å². The molecule has 1 aromatic carbocycles. The predicted octanol–water partition coefficient (Wildman–Crippen LogP) is 4.19. The molecule has 1 N–H and O–H groups in total. The van der Waals surface area contributed by atoms with Gasteiger partial charge in [-0.25, -0.2) is 0 Å². The molecular formula is C16H25BrN2. The van der Waals surface area contributed by atoms with Crippen LogP contribution in [0.5, 0.6) is 0 Å². The molecule has 0 bridgehead atoms. The first-order valence-electron chi connectivity index (χ1n) is 7.41. The summed E-state index contributed by atoms with van der Waals surface area (Å²) in [6, 6.07) is 6.68. The quantitative estimate of drug-likeness (QED) is 0.873. The van der Waals surface area contributed by atoms with Gasteiger partial charge in [0.15, 0.2) is 0 Å². The molecule has 0 amide bonds. The normalized spacial score (nSPS) is 16.1. The van der Waals surface area contributed by atoms with Crippen LogP contribution in [0.15, 0.2) is 22.7 Å². The van der Waals surface area contributed by atoms with Gasteiger partial charge in [0.05, 0.1) is 0 Å². The van der Waals surface area contributed by atoms with Crippen molar-refractivity contribution < 1.29 is 0 Å². The van der Waals surface area contributed by atoms with Crippen molar-refractivity contribution in [1.29, 1.82) is 0 Å². The lowest BCUT2D eigenvalue weighted by Crippen LogP contribution is -2.31. The van der Waals surface area contributed by atoms with Gasteiger partial charge in [0.1, 0.15) is 0 Å². The van der Waals surface area contributed by atoms with Gasteiger partial charge in [0.2, 0.25) is 0 Å². The fourth-order valence-electron chi connectivity index (χ4n) is 2.61. The molecule has 1 fully saturated rings. The van der Waals surface area contributed by atoms with Gasteiger partial charge in [0, 0.05) is 29.8 Å². The van der Waals surface area contributed by atoms with Crippen LogP contribution in [0.4, 0.5) is 5.69 Å². The van der Waals surface area contributed by atoms with Crippen LogP contribution in [-0.4, -0.2) is 19.6 Å². The van der Waals surface area contributed by atoms with Crippen LogP contribution >= 0.6 is 15.9 Å². The summed E-state index contributed by atoms with van der Waals surface area (Å²) in [7, 11) is 0. The van der Waals surface area contributed by atoms with E-state index in [1.807, 2.05) is 0 Å². The number of nitrogens with zero attached hydrogens (tertiary/aromatic N) is 1. The third-order valence-corrected chi connectivity index (χ3v) is 4.11. The lowest BCUT2D eigenvalue weighted by Gasteiger charge is -2.31. The lowest BCUT2D eigenvalue weighted by molar-refractivity contribution is 0.547. The van der Waals surface area contributed by atoms with Crippen LogP contribution < -0.4 is 10.2 Å². The van der Waals surface area contributed by atoms with Gasteiger partial charge in [-0.1, -0.05) is 35.8 Å². The maximum absolute atomic E-state index is 3.61. The maximum Gasteiger partial charge on any atom is 0.0423 e. The zero-order chi connectivity index (χ0) is 13.7. The first-order chi connectivity index (χ1) is 9.16. The van der Waals surface area contributed by atoms with Crippen LogP contribution in [0.25, 0.3) is 0 Å². The maximum atomic E-state index is 3.61. The molecule has 19 heavy (non-hydrogen) atoms. The third-order valence-electron chi connectivity index (χ3n) is 3.61. The molecule has 0 aliphatic carbocycles. The smallest absolute Gasteiger partial charge is 0.0423 e. The SMILES string of the molecule is CC(C)CNCc1ccc(Br)cc1N1CCCCC1. The topological polar surface area (TPSA) is 15.3 Å². The molecule has 0 aromatic heterocycles. The molecule has 106 valence electrons. The van der Waals surface area contributed by atoms with Gasteiger partial charge in [-0.15, -0.1) is 0 Å². The monoisotopic (exact) mass is 324 g/mol. The Morgan fingerprint density at radius 1 is 1.21 bits per heavy atom. The molecule has 1 aliphatic heterocycles. The van der Waals surface area contributed by atoms with Gasteiger partial charge in [-0.05, 0) is 49.4 Å². The summed E-state index contributed by atoms with van der Waals surface area (Å²) in [6.45, 7) is 8.95. The largest absolute Gasteiger partial charge is 0.371 e. The summed E-state index contributed by atoms with van der Waals surface area (Å²) >= 11 is 3.61. The Bertz CT molecular complexity index is 398. The van der Waals surface area contributed by atoms with Crippen molar-refractivity contribution in [2.24, 2.45) is 5.92 Å². The van der Waals surface area contributed by atoms with Crippen LogP contribution in [0.1, 0.15) is 38.7 Å². The van der Waals surface area contributed by atoms with Crippen molar-refractivity contribution in [3.8, 4) is 0 Å². The van der Waals surface area contributed by atoms with Crippen molar-refractivity contribution in [3.05, 3.63) is 28.2 Å². The summed E-state index contributed by atoms with van der Waals surface area (Å²) in [4.78, 5) is 2.54. The first kappa shape index (κ1) is 14.9. The number of hydrogen-bond acceptors (Lipinski definition) is 2. The molecule has 1 heterocycles. The molecule has 3 heteroatoms. The summed E-state index contributed by atoms with van der Waals surface area (Å²) in [5.74, 6) is 0.703. The van der Waals surface area contributed by atoms with E-state index in [4.69, 9.17) is 0 Å². The fraction of sp³-hybridized carbons (Fsp3) is 0.625. The average Bonchev–Trinajstić information content (AvgIpc) is 2.41. The van der Waals surface area contributed by atoms with Crippen molar-refractivity contribution in [1.82, 2.24) is 5.32 Å². The molecule has 1 saturated heterocycles. The minimum Gasteiger partial charge on any atom is -0.371 e. The molecule has 0 spiro atoms. The average molecular weight is 325 g/mol. The Morgan fingerprint density at radius 2 is 1.95 bits per heavy atom. The van der Waals surface area contributed by atoms with Crippen molar-refractivity contribution in [2.75, 3.05) is 24.5 Å². The standard InChI is InChI=1S/C16H25BrN2/c1-13(2)11-18-12-14-6-7-15(17)10-16(14)19-8-4-3-5-9-19/h6-7,10,13,18H,3-5,8-9,11-12H2,1-2H3. The van der Waals surface area contributed by atoms with Crippen LogP contribution in [0, 0.1) is 5.92 Å². The number of nitrogens with one attached hydrogen (secondary N) is 1. The number of halogens is 1. The number of rotatable bonds is 5. The molecule has 0 saturated carbocycles.